The van der Waals surface area contributed by atoms with Crippen LogP contribution in [0.15, 0.2) is 30.3 Å². The first-order valence-corrected chi connectivity index (χ1v) is 6.18. The monoisotopic (exact) mass is 246 g/mol. The predicted molar refractivity (Wildman–Crippen MR) is 62.8 cm³/mol. The number of ether oxygens (including phenoxy) is 2. The van der Waals surface area contributed by atoms with Gasteiger partial charge in [-0.3, -0.25) is 4.79 Å². The van der Waals surface area contributed by atoms with Crippen LogP contribution in [-0.2, 0) is 14.3 Å². The summed E-state index contributed by atoms with van der Waals surface area (Å²) in [6.07, 6.45) is 1.65. The Labute approximate surface area is 105 Å². The van der Waals surface area contributed by atoms with E-state index in [4.69, 9.17) is 9.47 Å². The quantitative estimate of drug-likeness (QED) is 0.763. The van der Waals surface area contributed by atoms with Crippen molar-refractivity contribution in [3.8, 4) is 0 Å². The first-order valence-electron chi connectivity index (χ1n) is 6.18. The fourth-order valence-electron chi connectivity index (χ4n) is 2.56. The van der Waals surface area contributed by atoms with Gasteiger partial charge in [-0.2, -0.15) is 0 Å². The smallest absolute Gasteiger partial charge is 0.338 e. The molecule has 1 aliphatic heterocycles. The highest BCUT2D eigenvalue weighted by atomic mass is 16.6. The van der Waals surface area contributed by atoms with Gasteiger partial charge >= 0.3 is 11.9 Å². The summed E-state index contributed by atoms with van der Waals surface area (Å²) in [5.41, 5.74) is 0.520. The summed E-state index contributed by atoms with van der Waals surface area (Å²) >= 11 is 0. The second-order valence-electron chi connectivity index (χ2n) is 4.79. The fourth-order valence-corrected chi connectivity index (χ4v) is 2.56. The molecule has 3 atom stereocenters. The molecular formula is C14H14O4. The van der Waals surface area contributed by atoms with Gasteiger partial charge in [-0.1, -0.05) is 18.2 Å². The zero-order valence-corrected chi connectivity index (χ0v) is 9.87. The Morgan fingerprint density at radius 1 is 1.28 bits per heavy atom. The molecule has 4 nitrogen and oxygen atoms in total. The van der Waals surface area contributed by atoms with Crippen LogP contribution in [-0.4, -0.2) is 24.6 Å². The first kappa shape index (κ1) is 11.3. The molecule has 0 amide bonds. The SMILES string of the molecule is O=C(OC[C@H]1OC(=O)[C@@H]2CC[C@H]12)c1ccccc1. The van der Waals surface area contributed by atoms with Crippen LogP contribution >= 0.6 is 0 Å². The third-order valence-corrected chi connectivity index (χ3v) is 3.76. The van der Waals surface area contributed by atoms with Crippen molar-refractivity contribution in [2.45, 2.75) is 18.9 Å². The Kier molecular flexibility index (Phi) is 2.78. The zero-order valence-electron chi connectivity index (χ0n) is 9.87. The van der Waals surface area contributed by atoms with Gasteiger partial charge in [-0.15, -0.1) is 0 Å². The van der Waals surface area contributed by atoms with E-state index in [1.807, 2.05) is 6.07 Å². The molecule has 2 aliphatic rings. The number of hydrogen-bond donors (Lipinski definition) is 0. The highest BCUT2D eigenvalue weighted by Crippen LogP contribution is 2.44. The van der Waals surface area contributed by atoms with Gasteiger partial charge in [0, 0.05) is 5.92 Å². The number of carbonyl (C=O) groups excluding carboxylic acids is 2. The zero-order chi connectivity index (χ0) is 12.5. The van der Waals surface area contributed by atoms with E-state index in [0.717, 1.165) is 12.8 Å². The molecule has 1 aliphatic carbocycles. The molecule has 18 heavy (non-hydrogen) atoms. The molecular weight excluding hydrogens is 232 g/mol. The van der Waals surface area contributed by atoms with Gasteiger partial charge in [0.1, 0.15) is 12.7 Å². The molecule has 1 aromatic rings. The Morgan fingerprint density at radius 3 is 2.67 bits per heavy atom. The van der Waals surface area contributed by atoms with Crippen molar-refractivity contribution in [1.82, 2.24) is 0 Å². The summed E-state index contributed by atoms with van der Waals surface area (Å²) in [7, 11) is 0. The average molecular weight is 246 g/mol. The molecule has 0 N–H and O–H groups in total. The van der Waals surface area contributed by atoms with Gasteiger partial charge in [0.05, 0.1) is 11.5 Å². The lowest BCUT2D eigenvalue weighted by molar-refractivity contribution is -0.145. The molecule has 0 spiro atoms. The lowest BCUT2D eigenvalue weighted by Gasteiger charge is -2.28. The lowest BCUT2D eigenvalue weighted by atomic mass is 9.73. The summed E-state index contributed by atoms with van der Waals surface area (Å²) in [6.45, 7) is 0.167. The molecule has 0 radical (unpaired) electrons. The summed E-state index contributed by atoms with van der Waals surface area (Å²) in [5, 5.41) is 0. The molecule has 2 fully saturated rings. The minimum absolute atomic E-state index is 0.0467. The third kappa shape index (κ3) is 1.88. The maximum Gasteiger partial charge on any atom is 0.338 e. The van der Waals surface area contributed by atoms with Crippen LogP contribution in [0, 0.1) is 11.8 Å². The van der Waals surface area contributed by atoms with Crippen LogP contribution in [0.3, 0.4) is 0 Å². The molecule has 0 bridgehead atoms. The Morgan fingerprint density at radius 2 is 2.06 bits per heavy atom. The van der Waals surface area contributed by atoms with Gasteiger partial charge in [-0.05, 0) is 25.0 Å². The van der Waals surface area contributed by atoms with Crippen LogP contribution in [0.5, 0.6) is 0 Å². The van der Waals surface area contributed by atoms with Crippen molar-refractivity contribution >= 4 is 11.9 Å². The molecule has 1 saturated carbocycles. The van der Waals surface area contributed by atoms with E-state index in [0.29, 0.717) is 5.56 Å². The van der Waals surface area contributed by atoms with E-state index >= 15 is 0 Å². The number of carbonyl (C=O) groups is 2. The minimum Gasteiger partial charge on any atom is -0.458 e. The van der Waals surface area contributed by atoms with Crippen LogP contribution in [0.4, 0.5) is 0 Å². The van der Waals surface area contributed by atoms with Crippen LogP contribution in [0.2, 0.25) is 0 Å². The number of cyclic esters (lactones) is 1. The van der Waals surface area contributed by atoms with Gasteiger partial charge in [0.15, 0.2) is 0 Å². The van der Waals surface area contributed by atoms with Crippen molar-refractivity contribution in [3.63, 3.8) is 0 Å². The summed E-state index contributed by atoms with van der Waals surface area (Å²) in [6, 6.07) is 8.82. The number of benzene rings is 1. The van der Waals surface area contributed by atoms with Crippen molar-refractivity contribution in [2.24, 2.45) is 11.8 Å². The van der Waals surface area contributed by atoms with E-state index in [1.54, 1.807) is 24.3 Å². The summed E-state index contributed by atoms with van der Waals surface area (Å²) in [4.78, 5) is 23.1. The van der Waals surface area contributed by atoms with Gasteiger partial charge < -0.3 is 9.47 Å². The van der Waals surface area contributed by atoms with Gasteiger partial charge in [-0.25, -0.2) is 4.79 Å². The minimum atomic E-state index is -0.366. The maximum atomic E-state index is 11.7. The topological polar surface area (TPSA) is 52.6 Å². The highest BCUT2D eigenvalue weighted by molar-refractivity contribution is 5.89. The van der Waals surface area contributed by atoms with Crippen molar-refractivity contribution in [2.75, 3.05) is 6.61 Å². The standard InChI is InChI=1S/C14H14O4/c15-13(9-4-2-1-3-5-9)17-8-12-10-6-7-11(10)14(16)18-12/h1-5,10-12H,6-8H2/t10-,11+,12+/m0/s1. The Bertz CT molecular complexity index is 468. The van der Waals surface area contributed by atoms with Crippen LogP contribution < -0.4 is 0 Å². The van der Waals surface area contributed by atoms with E-state index in [1.165, 1.54) is 0 Å². The average Bonchev–Trinajstić information content (AvgIpc) is 2.55. The second kappa shape index (κ2) is 4.44. The molecule has 94 valence electrons. The largest absolute Gasteiger partial charge is 0.458 e. The summed E-state index contributed by atoms with van der Waals surface area (Å²) < 4.78 is 10.4. The first-order chi connectivity index (χ1) is 8.75. The van der Waals surface area contributed by atoms with Gasteiger partial charge in [0.2, 0.25) is 0 Å². The fraction of sp³-hybridized carbons (Fsp3) is 0.429. The van der Waals surface area contributed by atoms with E-state index in [2.05, 4.69) is 0 Å². The maximum absolute atomic E-state index is 11.7. The number of fused-ring (bicyclic) bond motifs is 1. The molecule has 1 heterocycles. The molecule has 1 aromatic carbocycles. The normalized spacial score (nSPS) is 29.1. The number of hydrogen-bond acceptors (Lipinski definition) is 4. The summed E-state index contributed by atoms with van der Waals surface area (Å²) in [5.74, 6) is -0.201. The van der Waals surface area contributed by atoms with Crippen LogP contribution in [0.1, 0.15) is 23.2 Å². The predicted octanol–water partition coefficient (Wildman–Crippen LogP) is 1.79. The van der Waals surface area contributed by atoms with Crippen LogP contribution in [0.25, 0.3) is 0 Å². The highest BCUT2D eigenvalue weighted by Gasteiger charge is 2.50. The lowest BCUT2D eigenvalue weighted by Crippen LogP contribution is -2.33. The van der Waals surface area contributed by atoms with Gasteiger partial charge in [0.25, 0.3) is 0 Å². The Balaban J connectivity index is 1.56. The number of rotatable bonds is 3. The van der Waals surface area contributed by atoms with E-state index < -0.39 is 0 Å². The molecule has 0 aromatic heterocycles. The second-order valence-corrected chi connectivity index (χ2v) is 4.79. The van der Waals surface area contributed by atoms with E-state index in [9.17, 15) is 9.59 Å². The molecule has 3 rings (SSSR count). The van der Waals surface area contributed by atoms with Crippen molar-refractivity contribution in [3.05, 3.63) is 35.9 Å². The van der Waals surface area contributed by atoms with E-state index in [-0.39, 0.29) is 36.5 Å². The third-order valence-electron chi connectivity index (χ3n) is 3.76. The Hall–Kier alpha value is -1.84. The van der Waals surface area contributed by atoms with Crippen molar-refractivity contribution in [1.29, 1.82) is 0 Å². The molecule has 0 unspecified atom stereocenters. The molecule has 1 saturated heterocycles. The van der Waals surface area contributed by atoms with Crippen molar-refractivity contribution < 1.29 is 19.1 Å². The number of esters is 2. The molecule has 4 heteroatoms.